The van der Waals surface area contributed by atoms with Gasteiger partial charge in [-0.2, -0.15) is 17.4 Å². The summed E-state index contributed by atoms with van der Waals surface area (Å²) in [5.74, 6) is 0. The SMILES string of the molecule is CC[C@H]1c2cccn2CCN1S(=O)(=O)NCc1ccccc1. The highest BCUT2D eigenvalue weighted by molar-refractivity contribution is 7.87. The smallest absolute Gasteiger partial charge is 0.280 e. The lowest BCUT2D eigenvalue weighted by atomic mass is 10.1. The summed E-state index contributed by atoms with van der Waals surface area (Å²) >= 11 is 0. The summed E-state index contributed by atoms with van der Waals surface area (Å²) in [4.78, 5) is 0. The van der Waals surface area contributed by atoms with Crippen LogP contribution < -0.4 is 4.72 Å². The van der Waals surface area contributed by atoms with Crippen molar-refractivity contribution in [3.63, 3.8) is 0 Å². The Morgan fingerprint density at radius 3 is 2.64 bits per heavy atom. The van der Waals surface area contributed by atoms with E-state index in [-0.39, 0.29) is 6.04 Å². The van der Waals surface area contributed by atoms with Crippen LogP contribution in [0.25, 0.3) is 0 Å². The number of nitrogens with one attached hydrogen (secondary N) is 1. The Hall–Kier alpha value is -1.63. The van der Waals surface area contributed by atoms with Crippen molar-refractivity contribution in [2.45, 2.75) is 32.5 Å². The van der Waals surface area contributed by atoms with Crippen molar-refractivity contribution in [3.05, 3.63) is 59.9 Å². The van der Waals surface area contributed by atoms with Gasteiger partial charge in [-0.25, -0.2) is 0 Å². The molecule has 0 unspecified atom stereocenters. The Bertz CT molecular complexity index is 725. The summed E-state index contributed by atoms with van der Waals surface area (Å²) < 4.78 is 31.8. The summed E-state index contributed by atoms with van der Waals surface area (Å²) in [6, 6.07) is 13.5. The molecule has 2 aromatic rings. The van der Waals surface area contributed by atoms with Crippen LogP contribution in [-0.4, -0.2) is 23.8 Å². The Labute approximate surface area is 131 Å². The highest BCUT2D eigenvalue weighted by atomic mass is 32.2. The molecule has 1 aliphatic rings. The first-order valence-electron chi connectivity index (χ1n) is 7.57. The molecule has 1 aromatic carbocycles. The summed E-state index contributed by atoms with van der Waals surface area (Å²) in [6.45, 7) is 3.54. The average Bonchev–Trinajstić information content (AvgIpc) is 3.01. The van der Waals surface area contributed by atoms with Gasteiger partial charge in [0.05, 0.1) is 6.04 Å². The highest BCUT2D eigenvalue weighted by Gasteiger charge is 2.34. The second-order valence-electron chi connectivity index (χ2n) is 5.47. The zero-order valence-corrected chi connectivity index (χ0v) is 13.5. The fraction of sp³-hybridized carbons (Fsp3) is 0.375. The minimum Gasteiger partial charge on any atom is -0.349 e. The van der Waals surface area contributed by atoms with E-state index in [1.165, 1.54) is 0 Å². The molecule has 0 spiro atoms. The molecular weight excluding hydrogens is 298 g/mol. The van der Waals surface area contributed by atoms with Gasteiger partial charge in [0, 0.05) is 31.5 Å². The van der Waals surface area contributed by atoms with Gasteiger partial charge in [-0.15, -0.1) is 0 Å². The van der Waals surface area contributed by atoms with Gasteiger partial charge in [-0.3, -0.25) is 0 Å². The first-order valence-corrected chi connectivity index (χ1v) is 9.01. The van der Waals surface area contributed by atoms with Crippen molar-refractivity contribution >= 4 is 10.2 Å². The molecule has 0 aliphatic carbocycles. The van der Waals surface area contributed by atoms with Gasteiger partial charge in [0.25, 0.3) is 10.2 Å². The van der Waals surface area contributed by atoms with Crippen molar-refractivity contribution in [1.29, 1.82) is 0 Å². The van der Waals surface area contributed by atoms with Crippen LogP contribution in [0.4, 0.5) is 0 Å². The molecule has 0 bridgehead atoms. The van der Waals surface area contributed by atoms with E-state index in [1.807, 2.05) is 55.6 Å². The largest absolute Gasteiger partial charge is 0.349 e. The molecular formula is C16H21N3O2S. The summed E-state index contributed by atoms with van der Waals surface area (Å²) in [7, 11) is -3.49. The topological polar surface area (TPSA) is 54.3 Å². The first-order chi connectivity index (χ1) is 10.6. The summed E-state index contributed by atoms with van der Waals surface area (Å²) in [5.41, 5.74) is 2.03. The standard InChI is InChI=1S/C16H21N3O2S/c1-2-15-16-9-6-10-18(16)11-12-19(15)22(20,21)17-13-14-7-4-3-5-8-14/h3-10,15,17H,2,11-13H2,1H3/t15-/m0/s1. The zero-order valence-electron chi connectivity index (χ0n) is 12.6. The molecule has 22 heavy (non-hydrogen) atoms. The maximum atomic E-state index is 12.7. The third-order valence-electron chi connectivity index (χ3n) is 4.11. The van der Waals surface area contributed by atoms with Gasteiger partial charge in [0.1, 0.15) is 0 Å². The molecule has 5 nitrogen and oxygen atoms in total. The van der Waals surface area contributed by atoms with Crippen LogP contribution in [0.5, 0.6) is 0 Å². The van der Waals surface area contributed by atoms with Crippen LogP contribution in [0.1, 0.15) is 30.6 Å². The Kier molecular flexibility index (Phi) is 4.33. The molecule has 1 N–H and O–H groups in total. The maximum absolute atomic E-state index is 12.7. The second kappa shape index (κ2) is 6.24. The van der Waals surface area contributed by atoms with E-state index in [0.717, 1.165) is 17.7 Å². The zero-order chi connectivity index (χ0) is 15.6. The monoisotopic (exact) mass is 319 g/mol. The molecule has 6 heteroatoms. The Morgan fingerprint density at radius 1 is 1.14 bits per heavy atom. The van der Waals surface area contributed by atoms with E-state index in [2.05, 4.69) is 9.29 Å². The molecule has 1 aromatic heterocycles. The van der Waals surface area contributed by atoms with Crippen molar-refractivity contribution in [3.8, 4) is 0 Å². The van der Waals surface area contributed by atoms with Crippen molar-refractivity contribution < 1.29 is 8.42 Å². The summed E-state index contributed by atoms with van der Waals surface area (Å²) in [6.07, 6.45) is 2.77. The highest BCUT2D eigenvalue weighted by Crippen LogP contribution is 2.30. The van der Waals surface area contributed by atoms with E-state index >= 15 is 0 Å². The van der Waals surface area contributed by atoms with Gasteiger partial charge in [-0.1, -0.05) is 37.3 Å². The van der Waals surface area contributed by atoms with Crippen molar-refractivity contribution in [2.24, 2.45) is 0 Å². The third-order valence-corrected chi connectivity index (χ3v) is 5.68. The molecule has 0 fully saturated rings. The lowest BCUT2D eigenvalue weighted by Gasteiger charge is -2.35. The minimum absolute atomic E-state index is 0.1000. The number of hydrogen-bond acceptors (Lipinski definition) is 2. The molecule has 0 saturated carbocycles. The molecule has 3 rings (SSSR count). The molecule has 1 aliphatic heterocycles. The number of rotatable bonds is 5. The quantitative estimate of drug-likeness (QED) is 0.919. The van der Waals surface area contributed by atoms with Crippen LogP contribution in [0, 0.1) is 0 Å². The normalized spacial score (nSPS) is 19.0. The average molecular weight is 319 g/mol. The van der Waals surface area contributed by atoms with Crippen LogP contribution in [-0.2, 0) is 23.3 Å². The summed E-state index contributed by atoms with van der Waals surface area (Å²) in [5, 5.41) is 0. The number of benzene rings is 1. The molecule has 0 amide bonds. The molecule has 118 valence electrons. The predicted molar refractivity (Wildman–Crippen MR) is 86.4 cm³/mol. The fourth-order valence-electron chi connectivity index (χ4n) is 3.00. The Morgan fingerprint density at radius 2 is 1.91 bits per heavy atom. The van der Waals surface area contributed by atoms with E-state index in [9.17, 15) is 8.42 Å². The lowest BCUT2D eigenvalue weighted by Crippen LogP contribution is -2.46. The molecule has 0 saturated heterocycles. The van der Waals surface area contributed by atoms with Crippen molar-refractivity contribution in [1.82, 2.24) is 13.6 Å². The maximum Gasteiger partial charge on any atom is 0.280 e. The van der Waals surface area contributed by atoms with Gasteiger partial charge in [-0.05, 0) is 24.1 Å². The van der Waals surface area contributed by atoms with E-state index in [0.29, 0.717) is 19.6 Å². The van der Waals surface area contributed by atoms with Gasteiger partial charge in [0.2, 0.25) is 0 Å². The van der Waals surface area contributed by atoms with Gasteiger partial charge >= 0.3 is 0 Å². The fourth-order valence-corrected chi connectivity index (χ4v) is 4.43. The first kappa shape index (κ1) is 15.3. The van der Waals surface area contributed by atoms with Gasteiger partial charge < -0.3 is 4.57 Å². The lowest BCUT2D eigenvalue weighted by molar-refractivity contribution is 0.257. The second-order valence-corrected chi connectivity index (χ2v) is 7.18. The Balaban J connectivity index is 1.77. The van der Waals surface area contributed by atoms with E-state index in [1.54, 1.807) is 4.31 Å². The van der Waals surface area contributed by atoms with Gasteiger partial charge in [0.15, 0.2) is 0 Å². The molecule has 1 atom stereocenters. The predicted octanol–water partition coefficient (Wildman–Crippen LogP) is 2.29. The van der Waals surface area contributed by atoms with E-state index < -0.39 is 10.2 Å². The number of aromatic nitrogens is 1. The third kappa shape index (κ3) is 2.95. The van der Waals surface area contributed by atoms with Crippen molar-refractivity contribution in [2.75, 3.05) is 6.54 Å². The molecule has 2 heterocycles. The van der Waals surface area contributed by atoms with Crippen LogP contribution in [0.3, 0.4) is 0 Å². The van der Waals surface area contributed by atoms with Crippen LogP contribution >= 0.6 is 0 Å². The minimum atomic E-state index is -3.49. The number of nitrogens with zero attached hydrogens (tertiary/aromatic N) is 2. The van der Waals surface area contributed by atoms with Crippen LogP contribution in [0.15, 0.2) is 48.7 Å². The van der Waals surface area contributed by atoms with E-state index in [4.69, 9.17) is 0 Å². The number of fused-ring (bicyclic) bond motifs is 1. The van der Waals surface area contributed by atoms with Crippen LogP contribution in [0.2, 0.25) is 0 Å². The number of hydrogen-bond donors (Lipinski definition) is 1. The molecule has 0 radical (unpaired) electrons.